The first-order valence-electron chi connectivity index (χ1n) is 11.8. The number of anilines is 2. The molecule has 0 bridgehead atoms. The number of fused-ring (bicyclic) bond motifs is 1. The molecule has 0 atom stereocenters. The van der Waals surface area contributed by atoms with Gasteiger partial charge < -0.3 is 19.5 Å². The van der Waals surface area contributed by atoms with Gasteiger partial charge in [-0.3, -0.25) is 0 Å². The lowest BCUT2D eigenvalue weighted by molar-refractivity contribution is 0.0601. The average molecular weight is 524 g/mol. The van der Waals surface area contributed by atoms with Gasteiger partial charge in [-0.05, 0) is 48.1 Å². The number of methoxy groups -OCH3 is 1. The van der Waals surface area contributed by atoms with Crippen molar-refractivity contribution in [3.05, 3.63) is 58.4 Å². The number of hydrogen-bond donors (Lipinski definition) is 1. The van der Waals surface area contributed by atoms with Crippen LogP contribution in [0.25, 0.3) is 21.7 Å². The molecule has 0 aliphatic carbocycles. The summed E-state index contributed by atoms with van der Waals surface area (Å²) in [6.45, 7) is 8.58. The van der Waals surface area contributed by atoms with Gasteiger partial charge in [0.25, 0.3) is 0 Å². The molecule has 0 fully saturated rings. The molecule has 0 unspecified atom stereocenters. The summed E-state index contributed by atoms with van der Waals surface area (Å²) in [5, 5.41) is 5.91. The summed E-state index contributed by atoms with van der Waals surface area (Å²) in [7, 11) is 1.37. The van der Waals surface area contributed by atoms with Crippen LogP contribution in [0.4, 0.5) is 10.9 Å². The lowest BCUT2D eigenvalue weighted by Gasteiger charge is -2.09. The summed E-state index contributed by atoms with van der Waals surface area (Å²) >= 11 is 3.15. The lowest BCUT2D eigenvalue weighted by atomic mass is 10.0. The molecule has 0 amide bonds. The molecule has 1 aliphatic rings. The molecule has 5 rings (SSSR count). The van der Waals surface area contributed by atoms with E-state index in [1.54, 1.807) is 34.9 Å². The molecule has 7 nitrogen and oxygen atoms in total. The van der Waals surface area contributed by atoms with E-state index in [0.717, 1.165) is 38.7 Å². The quantitative estimate of drug-likeness (QED) is 0.252. The van der Waals surface area contributed by atoms with Gasteiger partial charge in [-0.15, -0.1) is 22.7 Å². The van der Waals surface area contributed by atoms with E-state index in [2.05, 4.69) is 24.1 Å². The summed E-state index contributed by atoms with van der Waals surface area (Å²) in [4.78, 5) is 24.1. The van der Waals surface area contributed by atoms with Gasteiger partial charge in [0.2, 0.25) is 6.79 Å². The second-order valence-electron chi connectivity index (χ2n) is 8.17. The molecule has 4 aromatic rings. The molecular weight excluding hydrogens is 494 g/mol. The molecule has 1 aliphatic heterocycles. The number of thiophene rings is 1. The first-order valence-corrected chi connectivity index (χ1v) is 13.5. The maximum Gasteiger partial charge on any atom is 0.341 e. The molecule has 1 aromatic carbocycles. The molecule has 0 saturated carbocycles. The van der Waals surface area contributed by atoms with Crippen LogP contribution in [0.15, 0.2) is 48.0 Å². The number of rotatable bonds is 7. The molecule has 9 heteroatoms. The van der Waals surface area contributed by atoms with Crippen LogP contribution in [-0.2, 0) is 11.2 Å². The number of aromatic nitrogens is 2. The van der Waals surface area contributed by atoms with Gasteiger partial charge in [0, 0.05) is 27.1 Å². The highest BCUT2D eigenvalue weighted by molar-refractivity contribution is 7.16. The number of carbonyl (C=O) groups excluding carboxylic acids is 1. The molecule has 3 aromatic heterocycles. The fourth-order valence-electron chi connectivity index (χ4n) is 3.69. The zero-order valence-corrected chi connectivity index (χ0v) is 22.6. The SMILES string of the molecule is CC.COC(=O)c1cc(-c2cccs2)cnc1Nc1nc(-c2ccc3c(c2)OCO3)c(CC(C)C)s1. The standard InChI is InChI=1S/C25H23N3O4S2.C2H6/c1-14(2)9-21-22(15-6-7-18-19(11-15)32-13-31-18)27-25(34-21)28-23-17(24(29)30-3)10-16(12-26-23)20-5-4-8-33-20;1-2/h4-8,10-12,14H,9,13H2,1-3H3,(H,26,27,28);1-2H3. The van der Waals surface area contributed by atoms with Crippen LogP contribution in [0.2, 0.25) is 0 Å². The Kier molecular flexibility index (Phi) is 8.22. The number of carbonyl (C=O) groups is 1. The van der Waals surface area contributed by atoms with Crippen LogP contribution in [0.5, 0.6) is 11.5 Å². The van der Waals surface area contributed by atoms with Gasteiger partial charge in [0.05, 0.1) is 12.8 Å². The molecule has 188 valence electrons. The Morgan fingerprint density at radius 3 is 2.67 bits per heavy atom. The van der Waals surface area contributed by atoms with E-state index >= 15 is 0 Å². The summed E-state index contributed by atoms with van der Waals surface area (Å²) in [6.07, 6.45) is 2.62. The molecule has 0 saturated heterocycles. The molecule has 36 heavy (non-hydrogen) atoms. The third-order valence-electron chi connectivity index (χ3n) is 5.26. The normalized spacial score (nSPS) is 11.7. The van der Waals surface area contributed by atoms with Crippen molar-refractivity contribution < 1.29 is 19.0 Å². The van der Waals surface area contributed by atoms with E-state index in [1.807, 2.05) is 49.6 Å². The van der Waals surface area contributed by atoms with Gasteiger partial charge in [0.15, 0.2) is 16.6 Å². The largest absolute Gasteiger partial charge is 0.465 e. The summed E-state index contributed by atoms with van der Waals surface area (Å²) in [5.74, 6) is 1.86. The Morgan fingerprint density at radius 1 is 1.14 bits per heavy atom. The van der Waals surface area contributed by atoms with Crippen molar-refractivity contribution in [2.75, 3.05) is 19.2 Å². The van der Waals surface area contributed by atoms with E-state index in [1.165, 1.54) is 7.11 Å². The second kappa shape index (κ2) is 11.5. The van der Waals surface area contributed by atoms with Crippen LogP contribution in [0.3, 0.4) is 0 Å². The summed E-state index contributed by atoms with van der Waals surface area (Å²) in [6, 6.07) is 11.6. The van der Waals surface area contributed by atoms with E-state index in [-0.39, 0.29) is 6.79 Å². The van der Waals surface area contributed by atoms with Crippen molar-refractivity contribution in [1.29, 1.82) is 0 Å². The van der Waals surface area contributed by atoms with Crippen molar-refractivity contribution in [2.24, 2.45) is 5.92 Å². The van der Waals surface area contributed by atoms with Gasteiger partial charge in [-0.25, -0.2) is 14.8 Å². The topological polar surface area (TPSA) is 82.6 Å². The molecule has 0 radical (unpaired) electrons. The van der Waals surface area contributed by atoms with Crippen molar-refractivity contribution in [1.82, 2.24) is 9.97 Å². The Hall–Kier alpha value is -3.43. The molecule has 0 spiro atoms. The third kappa shape index (κ3) is 5.52. The van der Waals surface area contributed by atoms with Crippen LogP contribution < -0.4 is 14.8 Å². The predicted octanol–water partition coefficient (Wildman–Crippen LogP) is 7.42. The van der Waals surface area contributed by atoms with Crippen molar-refractivity contribution in [3.8, 4) is 33.2 Å². The highest BCUT2D eigenvalue weighted by atomic mass is 32.1. The zero-order chi connectivity index (χ0) is 25.7. The summed E-state index contributed by atoms with van der Waals surface area (Å²) in [5.41, 5.74) is 3.06. The lowest BCUT2D eigenvalue weighted by Crippen LogP contribution is -2.07. The van der Waals surface area contributed by atoms with Crippen LogP contribution in [0.1, 0.15) is 42.9 Å². The monoisotopic (exact) mass is 523 g/mol. The van der Waals surface area contributed by atoms with Crippen LogP contribution >= 0.6 is 22.7 Å². The zero-order valence-electron chi connectivity index (χ0n) is 21.0. The average Bonchev–Trinajstić information content (AvgIpc) is 3.66. The smallest absolute Gasteiger partial charge is 0.341 e. The van der Waals surface area contributed by atoms with Crippen molar-refractivity contribution in [2.45, 2.75) is 34.1 Å². The minimum atomic E-state index is -0.455. The minimum absolute atomic E-state index is 0.227. The van der Waals surface area contributed by atoms with Gasteiger partial charge in [0.1, 0.15) is 11.4 Å². The molecule has 1 N–H and O–H groups in total. The predicted molar refractivity (Wildman–Crippen MR) is 146 cm³/mol. The van der Waals surface area contributed by atoms with E-state index in [9.17, 15) is 4.79 Å². The molecular formula is C27H29N3O4S2. The first-order chi connectivity index (χ1) is 17.5. The van der Waals surface area contributed by atoms with Crippen LogP contribution in [-0.4, -0.2) is 29.8 Å². The van der Waals surface area contributed by atoms with Gasteiger partial charge in [-0.1, -0.05) is 33.8 Å². The van der Waals surface area contributed by atoms with E-state index in [4.69, 9.17) is 19.2 Å². The highest BCUT2D eigenvalue weighted by Crippen LogP contribution is 2.40. The third-order valence-corrected chi connectivity index (χ3v) is 7.17. The van der Waals surface area contributed by atoms with E-state index in [0.29, 0.717) is 28.2 Å². The number of benzene rings is 1. The van der Waals surface area contributed by atoms with Crippen molar-refractivity contribution in [3.63, 3.8) is 0 Å². The Morgan fingerprint density at radius 2 is 1.94 bits per heavy atom. The Labute approximate surface area is 219 Å². The maximum atomic E-state index is 12.6. The Balaban J connectivity index is 0.00000148. The number of nitrogens with one attached hydrogen (secondary N) is 1. The number of ether oxygens (including phenoxy) is 3. The van der Waals surface area contributed by atoms with Gasteiger partial charge in [-0.2, -0.15) is 0 Å². The highest BCUT2D eigenvalue weighted by Gasteiger charge is 2.21. The minimum Gasteiger partial charge on any atom is -0.465 e. The number of pyridine rings is 1. The number of esters is 1. The first kappa shape index (κ1) is 25.7. The maximum absolute atomic E-state index is 12.6. The summed E-state index contributed by atoms with van der Waals surface area (Å²) < 4.78 is 16.0. The van der Waals surface area contributed by atoms with Gasteiger partial charge >= 0.3 is 5.97 Å². The number of hydrogen-bond acceptors (Lipinski definition) is 9. The fraction of sp³-hybridized carbons (Fsp3) is 0.296. The van der Waals surface area contributed by atoms with Crippen LogP contribution in [0, 0.1) is 5.92 Å². The fourth-order valence-corrected chi connectivity index (χ4v) is 5.60. The van der Waals surface area contributed by atoms with Crippen molar-refractivity contribution >= 4 is 39.6 Å². The Bertz CT molecular complexity index is 1330. The number of nitrogens with zero attached hydrogens (tertiary/aromatic N) is 2. The molecule has 4 heterocycles. The van der Waals surface area contributed by atoms with E-state index < -0.39 is 5.97 Å². The number of thiazole rings is 1. The second-order valence-corrected chi connectivity index (χ2v) is 10.2.